The third-order valence-corrected chi connectivity index (χ3v) is 4.11. The number of hydrogen-bond donors (Lipinski definition) is 1. The van der Waals surface area contributed by atoms with Crippen LogP contribution in [0.15, 0.2) is 24.3 Å². The first-order valence-electron chi connectivity index (χ1n) is 7.42. The smallest absolute Gasteiger partial charge is 0.123 e. The van der Waals surface area contributed by atoms with Crippen molar-refractivity contribution in [1.82, 2.24) is 9.80 Å². The molecule has 4 heteroatoms. The largest absolute Gasteiger partial charge is 0.388 e. The lowest BCUT2D eigenvalue weighted by Crippen LogP contribution is -2.38. The summed E-state index contributed by atoms with van der Waals surface area (Å²) < 4.78 is 13.2. The predicted molar refractivity (Wildman–Crippen MR) is 79.1 cm³/mol. The zero-order valence-corrected chi connectivity index (χ0v) is 12.4. The third kappa shape index (κ3) is 4.27. The van der Waals surface area contributed by atoms with Crippen LogP contribution in [-0.4, -0.2) is 54.2 Å². The van der Waals surface area contributed by atoms with Gasteiger partial charge in [0.25, 0.3) is 0 Å². The molecule has 1 aliphatic heterocycles. The molecule has 0 spiro atoms. The Morgan fingerprint density at radius 3 is 2.95 bits per heavy atom. The molecule has 0 aliphatic carbocycles. The minimum absolute atomic E-state index is 0.286. The predicted octanol–water partition coefficient (Wildman–Crippen LogP) is 2.28. The number of hydrogen-bond acceptors (Lipinski definition) is 3. The fourth-order valence-electron chi connectivity index (χ4n) is 2.92. The van der Waals surface area contributed by atoms with Gasteiger partial charge in [0, 0.05) is 19.1 Å². The summed E-state index contributed by atoms with van der Waals surface area (Å²) in [6.07, 6.45) is 1.23. The first-order valence-corrected chi connectivity index (χ1v) is 7.42. The zero-order valence-electron chi connectivity index (χ0n) is 12.4. The van der Waals surface area contributed by atoms with Gasteiger partial charge in [0.1, 0.15) is 5.82 Å². The molecule has 2 rings (SSSR count). The Hall–Kier alpha value is -0.970. The van der Waals surface area contributed by atoms with E-state index in [0.29, 0.717) is 18.0 Å². The monoisotopic (exact) mass is 280 g/mol. The van der Waals surface area contributed by atoms with Gasteiger partial charge in [-0.3, -0.25) is 4.90 Å². The van der Waals surface area contributed by atoms with E-state index in [4.69, 9.17) is 0 Å². The highest BCUT2D eigenvalue weighted by molar-refractivity contribution is 5.18. The normalized spacial score (nSPS) is 23.5. The molecule has 0 bridgehead atoms. The summed E-state index contributed by atoms with van der Waals surface area (Å²) in [5.74, 6) is -0.286. The van der Waals surface area contributed by atoms with E-state index in [0.717, 1.165) is 32.6 Å². The number of nitrogens with zero attached hydrogens (tertiary/aromatic N) is 2. The van der Waals surface area contributed by atoms with Gasteiger partial charge >= 0.3 is 0 Å². The van der Waals surface area contributed by atoms with Crippen LogP contribution in [0.25, 0.3) is 0 Å². The number of rotatable bonds is 4. The van der Waals surface area contributed by atoms with E-state index in [2.05, 4.69) is 23.8 Å². The van der Waals surface area contributed by atoms with E-state index < -0.39 is 6.10 Å². The maximum atomic E-state index is 13.2. The van der Waals surface area contributed by atoms with E-state index in [1.807, 2.05) is 0 Å². The Balaban J connectivity index is 1.87. The van der Waals surface area contributed by atoms with Crippen LogP contribution in [0.2, 0.25) is 0 Å². The van der Waals surface area contributed by atoms with Crippen molar-refractivity contribution in [3.05, 3.63) is 35.6 Å². The number of aliphatic hydroxyl groups excluding tert-OH is 1. The summed E-state index contributed by atoms with van der Waals surface area (Å²) in [6, 6.07) is 6.76. The Morgan fingerprint density at radius 2 is 2.20 bits per heavy atom. The van der Waals surface area contributed by atoms with Crippen LogP contribution < -0.4 is 0 Å². The molecule has 1 aromatic carbocycles. The van der Waals surface area contributed by atoms with Crippen molar-refractivity contribution in [2.24, 2.45) is 0 Å². The second-order valence-corrected chi connectivity index (χ2v) is 5.86. The topological polar surface area (TPSA) is 26.7 Å². The lowest BCUT2D eigenvalue weighted by Gasteiger charge is -2.28. The molecular weight excluding hydrogens is 255 g/mol. The molecule has 1 aromatic rings. The summed E-state index contributed by atoms with van der Waals surface area (Å²) in [6.45, 7) is 6.35. The average molecular weight is 280 g/mol. The molecule has 0 radical (unpaired) electrons. The van der Waals surface area contributed by atoms with Gasteiger partial charge in [-0.1, -0.05) is 12.1 Å². The van der Waals surface area contributed by atoms with Crippen molar-refractivity contribution in [2.45, 2.75) is 31.9 Å². The van der Waals surface area contributed by atoms with Crippen LogP contribution in [-0.2, 0) is 0 Å². The zero-order chi connectivity index (χ0) is 14.5. The molecule has 20 heavy (non-hydrogen) atoms. The Kier molecular flexibility index (Phi) is 5.52. The van der Waals surface area contributed by atoms with E-state index in [-0.39, 0.29) is 5.82 Å². The number of halogens is 1. The molecule has 112 valence electrons. The molecule has 1 heterocycles. The van der Waals surface area contributed by atoms with Gasteiger partial charge < -0.3 is 10.0 Å². The van der Waals surface area contributed by atoms with Crippen molar-refractivity contribution in [1.29, 1.82) is 0 Å². The molecule has 0 saturated carbocycles. The lowest BCUT2D eigenvalue weighted by molar-refractivity contribution is 0.126. The fourth-order valence-corrected chi connectivity index (χ4v) is 2.92. The molecule has 1 fully saturated rings. The molecule has 1 aliphatic rings. The van der Waals surface area contributed by atoms with Crippen molar-refractivity contribution >= 4 is 0 Å². The first kappa shape index (κ1) is 15.4. The summed E-state index contributed by atoms with van der Waals surface area (Å²) in [5, 5.41) is 10.2. The lowest BCUT2D eigenvalue weighted by atomic mass is 10.1. The number of likely N-dealkylation sites (N-methyl/N-ethyl adjacent to an activating group) is 1. The Morgan fingerprint density at radius 1 is 1.40 bits per heavy atom. The molecule has 0 aromatic heterocycles. The fraction of sp³-hybridized carbons (Fsp3) is 0.625. The molecule has 0 amide bonds. The molecule has 1 saturated heterocycles. The van der Waals surface area contributed by atoms with Crippen molar-refractivity contribution in [2.75, 3.05) is 33.2 Å². The quantitative estimate of drug-likeness (QED) is 0.916. The molecular formula is C16H25FN2O. The van der Waals surface area contributed by atoms with Crippen LogP contribution in [0, 0.1) is 5.82 Å². The third-order valence-electron chi connectivity index (χ3n) is 4.11. The summed E-state index contributed by atoms with van der Waals surface area (Å²) in [4.78, 5) is 4.78. The number of aliphatic hydroxyl groups is 1. The standard InChI is InChI=1S/C16H25FN2O/c1-13-12-18(2)8-4-9-19(13)10-7-16(20)14-5-3-6-15(17)11-14/h3,5-6,11,13,16,20H,4,7-10,12H2,1-2H3. The van der Waals surface area contributed by atoms with E-state index in [1.54, 1.807) is 12.1 Å². The van der Waals surface area contributed by atoms with E-state index in [1.165, 1.54) is 12.1 Å². The average Bonchev–Trinajstić information content (AvgIpc) is 2.57. The highest BCUT2D eigenvalue weighted by atomic mass is 19.1. The first-order chi connectivity index (χ1) is 9.56. The van der Waals surface area contributed by atoms with Crippen molar-refractivity contribution < 1.29 is 9.50 Å². The van der Waals surface area contributed by atoms with Crippen LogP contribution in [0.4, 0.5) is 4.39 Å². The second kappa shape index (κ2) is 7.16. The van der Waals surface area contributed by atoms with E-state index >= 15 is 0 Å². The highest BCUT2D eigenvalue weighted by Crippen LogP contribution is 2.19. The minimum Gasteiger partial charge on any atom is -0.388 e. The van der Waals surface area contributed by atoms with Gasteiger partial charge in [-0.25, -0.2) is 4.39 Å². The van der Waals surface area contributed by atoms with Gasteiger partial charge in [0.15, 0.2) is 0 Å². The second-order valence-electron chi connectivity index (χ2n) is 5.86. The van der Waals surface area contributed by atoms with Gasteiger partial charge in [-0.15, -0.1) is 0 Å². The Bertz CT molecular complexity index is 427. The summed E-state index contributed by atoms with van der Waals surface area (Å²) in [5.41, 5.74) is 0.671. The maximum Gasteiger partial charge on any atom is 0.123 e. The molecule has 1 N–H and O–H groups in total. The van der Waals surface area contributed by atoms with Gasteiger partial charge in [-0.05, 0) is 57.6 Å². The SMILES string of the molecule is CC1CN(C)CCCN1CCC(O)c1cccc(F)c1. The Labute approximate surface area is 121 Å². The maximum absolute atomic E-state index is 13.2. The van der Waals surface area contributed by atoms with Crippen molar-refractivity contribution in [3.8, 4) is 0 Å². The van der Waals surface area contributed by atoms with Crippen LogP contribution in [0.1, 0.15) is 31.4 Å². The van der Waals surface area contributed by atoms with Gasteiger partial charge in [-0.2, -0.15) is 0 Å². The molecule has 2 atom stereocenters. The number of benzene rings is 1. The minimum atomic E-state index is -0.584. The highest BCUT2D eigenvalue weighted by Gasteiger charge is 2.20. The van der Waals surface area contributed by atoms with Crippen molar-refractivity contribution in [3.63, 3.8) is 0 Å². The van der Waals surface area contributed by atoms with Gasteiger partial charge in [0.2, 0.25) is 0 Å². The summed E-state index contributed by atoms with van der Waals surface area (Å²) in [7, 11) is 2.15. The van der Waals surface area contributed by atoms with Gasteiger partial charge in [0.05, 0.1) is 6.10 Å². The van der Waals surface area contributed by atoms with Crippen LogP contribution in [0.3, 0.4) is 0 Å². The summed E-state index contributed by atoms with van der Waals surface area (Å²) >= 11 is 0. The molecule has 3 nitrogen and oxygen atoms in total. The van der Waals surface area contributed by atoms with E-state index in [9.17, 15) is 9.50 Å². The van der Waals surface area contributed by atoms with Crippen LogP contribution >= 0.6 is 0 Å². The van der Waals surface area contributed by atoms with Crippen LogP contribution in [0.5, 0.6) is 0 Å². The molecule has 2 unspecified atom stereocenters.